The Morgan fingerprint density at radius 2 is 1.83 bits per heavy atom. The fourth-order valence-corrected chi connectivity index (χ4v) is 4.58. The van der Waals surface area contributed by atoms with Crippen LogP contribution in [0.15, 0.2) is 12.1 Å². The number of aromatic nitrogens is 1. The van der Waals surface area contributed by atoms with Crippen LogP contribution in [0.3, 0.4) is 0 Å². The zero-order chi connectivity index (χ0) is 21.5. The molecule has 3 atom stereocenters. The molecule has 0 amide bonds. The zero-order valence-electron chi connectivity index (χ0n) is 16.2. The highest BCUT2D eigenvalue weighted by molar-refractivity contribution is 6.26. The van der Waals surface area contributed by atoms with E-state index >= 15 is 0 Å². The summed E-state index contributed by atoms with van der Waals surface area (Å²) in [5.41, 5.74) is -1.54. The van der Waals surface area contributed by atoms with Crippen LogP contribution in [0.5, 0.6) is 0 Å². The van der Waals surface area contributed by atoms with E-state index < -0.39 is 35.1 Å². The summed E-state index contributed by atoms with van der Waals surface area (Å²) in [5.74, 6) is -3.74. The SMILES string of the molecule is O=C(c1ccc(C(F)(F)F)nc1COCC1CCCO1)C1C(=O)C2CCC(C2)C1=O. The molecule has 1 aromatic heterocycles. The van der Waals surface area contributed by atoms with Gasteiger partial charge in [-0.3, -0.25) is 14.4 Å². The highest BCUT2D eigenvalue weighted by Crippen LogP contribution is 2.41. The van der Waals surface area contributed by atoms with Gasteiger partial charge in [-0.15, -0.1) is 0 Å². The molecule has 0 spiro atoms. The van der Waals surface area contributed by atoms with Gasteiger partial charge in [-0.2, -0.15) is 13.2 Å². The van der Waals surface area contributed by atoms with Gasteiger partial charge in [0.1, 0.15) is 11.6 Å². The largest absolute Gasteiger partial charge is 0.433 e. The number of rotatable bonds is 6. The van der Waals surface area contributed by atoms with Gasteiger partial charge < -0.3 is 9.47 Å². The third kappa shape index (κ3) is 4.05. The van der Waals surface area contributed by atoms with Crippen molar-refractivity contribution in [3.63, 3.8) is 0 Å². The number of ketones is 3. The second kappa shape index (κ2) is 8.19. The van der Waals surface area contributed by atoms with E-state index in [1.807, 2.05) is 0 Å². The second-order valence-corrected chi connectivity index (χ2v) is 8.15. The molecular weight excluding hydrogens is 403 g/mol. The van der Waals surface area contributed by atoms with E-state index in [0.717, 1.165) is 18.9 Å². The molecule has 3 fully saturated rings. The van der Waals surface area contributed by atoms with Crippen molar-refractivity contribution in [3.05, 3.63) is 29.1 Å². The molecule has 0 radical (unpaired) electrons. The van der Waals surface area contributed by atoms with Gasteiger partial charge in [0.2, 0.25) is 0 Å². The molecule has 4 rings (SSSR count). The Labute approximate surface area is 171 Å². The van der Waals surface area contributed by atoms with Crippen molar-refractivity contribution in [1.82, 2.24) is 4.98 Å². The molecule has 2 bridgehead atoms. The van der Waals surface area contributed by atoms with E-state index in [2.05, 4.69) is 4.98 Å². The number of carbonyl (C=O) groups excluding carboxylic acids is 3. The predicted octanol–water partition coefficient (Wildman–Crippen LogP) is 3.16. The third-order valence-electron chi connectivity index (χ3n) is 6.17. The number of pyridine rings is 1. The number of hydrogen-bond acceptors (Lipinski definition) is 6. The number of carbonyl (C=O) groups is 3. The molecule has 1 aliphatic heterocycles. The molecule has 0 N–H and O–H groups in total. The molecular formula is C21H22F3NO5. The summed E-state index contributed by atoms with van der Waals surface area (Å²) in [4.78, 5) is 42.0. The number of halogens is 3. The van der Waals surface area contributed by atoms with Gasteiger partial charge in [0.15, 0.2) is 17.3 Å². The van der Waals surface area contributed by atoms with Crippen LogP contribution in [-0.4, -0.2) is 41.7 Å². The van der Waals surface area contributed by atoms with E-state index in [1.165, 1.54) is 0 Å². The summed E-state index contributed by atoms with van der Waals surface area (Å²) in [6.45, 7) is 0.428. The average Bonchev–Trinajstić information content (AvgIpc) is 3.37. The lowest BCUT2D eigenvalue weighted by atomic mass is 9.75. The van der Waals surface area contributed by atoms with Gasteiger partial charge in [0.05, 0.1) is 25.0 Å². The Morgan fingerprint density at radius 3 is 2.43 bits per heavy atom. The molecule has 30 heavy (non-hydrogen) atoms. The summed E-state index contributed by atoms with van der Waals surface area (Å²) in [6, 6.07) is 1.70. The molecule has 1 saturated heterocycles. The minimum absolute atomic E-state index is 0.146. The van der Waals surface area contributed by atoms with Crippen molar-refractivity contribution < 1.29 is 37.0 Å². The van der Waals surface area contributed by atoms with E-state index in [1.54, 1.807) is 0 Å². The number of fused-ring (bicyclic) bond motifs is 2. The van der Waals surface area contributed by atoms with Crippen LogP contribution in [0, 0.1) is 17.8 Å². The van der Waals surface area contributed by atoms with Gasteiger partial charge in [0, 0.05) is 24.0 Å². The van der Waals surface area contributed by atoms with E-state index in [-0.39, 0.29) is 42.4 Å². The van der Waals surface area contributed by atoms with Crippen molar-refractivity contribution >= 4 is 17.3 Å². The minimum Gasteiger partial charge on any atom is -0.376 e. The number of hydrogen-bond donors (Lipinski definition) is 0. The van der Waals surface area contributed by atoms with Crippen molar-refractivity contribution in [1.29, 1.82) is 0 Å². The van der Waals surface area contributed by atoms with Crippen LogP contribution in [0.1, 0.15) is 53.8 Å². The lowest BCUT2D eigenvalue weighted by Crippen LogP contribution is -2.42. The fourth-order valence-electron chi connectivity index (χ4n) is 4.58. The molecule has 6 nitrogen and oxygen atoms in total. The first-order chi connectivity index (χ1) is 14.3. The van der Waals surface area contributed by atoms with Crippen LogP contribution in [0.4, 0.5) is 13.2 Å². The van der Waals surface area contributed by atoms with Crippen molar-refractivity contribution in [2.45, 2.75) is 51.0 Å². The highest BCUT2D eigenvalue weighted by atomic mass is 19.4. The lowest BCUT2D eigenvalue weighted by Gasteiger charge is -2.25. The standard InChI is InChI=1S/C21H22F3NO5/c22-21(23,24)16-6-5-14(15(25-16)10-29-9-13-2-1-7-30-13)20(28)17-18(26)11-3-4-12(8-11)19(17)27/h5-6,11-13,17H,1-4,7-10H2. The quantitative estimate of drug-likeness (QED) is 0.514. The first-order valence-electron chi connectivity index (χ1n) is 10.1. The predicted molar refractivity (Wildman–Crippen MR) is 96.5 cm³/mol. The summed E-state index contributed by atoms with van der Waals surface area (Å²) in [7, 11) is 0. The van der Waals surface area contributed by atoms with Crippen LogP contribution in [0.25, 0.3) is 0 Å². The third-order valence-corrected chi connectivity index (χ3v) is 6.17. The summed E-state index contributed by atoms with van der Waals surface area (Å²) < 4.78 is 50.3. The molecule has 2 heterocycles. The monoisotopic (exact) mass is 425 g/mol. The fraction of sp³-hybridized carbons (Fsp3) is 0.619. The molecule has 9 heteroatoms. The molecule has 0 aromatic carbocycles. The van der Waals surface area contributed by atoms with Gasteiger partial charge in [-0.05, 0) is 44.2 Å². The Kier molecular flexibility index (Phi) is 5.76. The minimum atomic E-state index is -4.69. The van der Waals surface area contributed by atoms with Gasteiger partial charge in [0.25, 0.3) is 0 Å². The summed E-state index contributed by atoms with van der Waals surface area (Å²) >= 11 is 0. The average molecular weight is 425 g/mol. The first kappa shape index (κ1) is 21.1. The molecule has 1 aromatic rings. The maximum Gasteiger partial charge on any atom is 0.433 e. The molecule has 2 aliphatic carbocycles. The smallest absolute Gasteiger partial charge is 0.376 e. The van der Waals surface area contributed by atoms with E-state index in [9.17, 15) is 27.6 Å². The van der Waals surface area contributed by atoms with Crippen molar-refractivity contribution in [3.8, 4) is 0 Å². The highest BCUT2D eigenvalue weighted by Gasteiger charge is 2.50. The van der Waals surface area contributed by atoms with Gasteiger partial charge >= 0.3 is 6.18 Å². The van der Waals surface area contributed by atoms with Crippen LogP contribution in [0.2, 0.25) is 0 Å². The van der Waals surface area contributed by atoms with E-state index in [4.69, 9.17) is 9.47 Å². The van der Waals surface area contributed by atoms with E-state index in [0.29, 0.717) is 31.9 Å². The molecule has 2 saturated carbocycles. The Morgan fingerprint density at radius 1 is 1.13 bits per heavy atom. The normalized spacial score (nSPS) is 28.9. The number of alkyl halides is 3. The first-order valence-corrected chi connectivity index (χ1v) is 10.1. The second-order valence-electron chi connectivity index (χ2n) is 8.15. The molecule has 3 unspecified atom stereocenters. The van der Waals surface area contributed by atoms with Crippen LogP contribution in [-0.2, 0) is 31.8 Å². The number of nitrogens with zero attached hydrogens (tertiary/aromatic N) is 1. The Hall–Kier alpha value is -2.13. The molecule has 3 aliphatic rings. The van der Waals surface area contributed by atoms with Crippen molar-refractivity contribution in [2.24, 2.45) is 17.8 Å². The molecule has 162 valence electrons. The maximum absolute atomic E-state index is 13.1. The zero-order valence-corrected chi connectivity index (χ0v) is 16.2. The van der Waals surface area contributed by atoms with Gasteiger partial charge in [-0.25, -0.2) is 4.98 Å². The topological polar surface area (TPSA) is 82.6 Å². The summed E-state index contributed by atoms with van der Waals surface area (Å²) in [5, 5.41) is 0. The summed E-state index contributed by atoms with van der Waals surface area (Å²) in [6.07, 6.45) is -1.57. The van der Waals surface area contributed by atoms with Gasteiger partial charge in [-0.1, -0.05) is 0 Å². The Bertz CT molecular complexity index is 841. The maximum atomic E-state index is 13.1. The number of Topliss-reactive ketones (excluding diaryl/α,β-unsaturated/α-hetero) is 3. The number of ether oxygens (including phenoxy) is 2. The van der Waals surface area contributed by atoms with Crippen molar-refractivity contribution in [2.75, 3.05) is 13.2 Å². The Balaban J connectivity index is 1.59. The lowest BCUT2D eigenvalue weighted by molar-refractivity contribution is -0.141. The van der Waals surface area contributed by atoms with Crippen LogP contribution < -0.4 is 0 Å². The van der Waals surface area contributed by atoms with Crippen LogP contribution >= 0.6 is 0 Å².